The highest BCUT2D eigenvalue weighted by atomic mass is 32.1. The molecule has 0 N–H and O–H groups in total. The van der Waals surface area contributed by atoms with E-state index in [9.17, 15) is 0 Å². The molecule has 0 radical (unpaired) electrons. The monoisotopic (exact) mass is 740 g/mol. The van der Waals surface area contributed by atoms with Crippen LogP contribution >= 0.6 is 11.3 Å². The van der Waals surface area contributed by atoms with Gasteiger partial charge >= 0.3 is 0 Å². The first kappa shape index (κ1) is 32.1. The number of hydrogen-bond acceptors (Lipinski definition) is 3. The van der Waals surface area contributed by atoms with Crippen LogP contribution in [-0.4, -0.2) is 9.97 Å². The summed E-state index contributed by atoms with van der Waals surface area (Å²) in [7, 11) is 0. The third-order valence-corrected chi connectivity index (χ3v) is 12.9. The van der Waals surface area contributed by atoms with Crippen LogP contribution in [0.25, 0.3) is 119 Å². The maximum atomic E-state index is 4.74. The van der Waals surface area contributed by atoms with E-state index in [2.05, 4.69) is 182 Å². The summed E-state index contributed by atoms with van der Waals surface area (Å²) in [5, 5.41) is 12.3. The first-order chi connectivity index (χ1) is 28.2. The summed E-state index contributed by atoms with van der Waals surface area (Å²) in [4.78, 5) is 9.44. The molecule has 0 fully saturated rings. The van der Waals surface area contributed by atoms with Crippen molar-refractivity contribution >= 4 is 85.6 Å². The van der Waals surface area contributed by atoms with Crippen LogP contribution in [0.2, 0.25) is 0 Å². The molecule has 264 valence electrons. The zero-order valence-electron chi connectivity index (χ0n) is 30.8. The van der Waals surface area contributed by atoms with E-state index < -0.39 is 0 Å². The molecule has 0 amide bonds. The Morgan fingerprint density at radius 2 is 0.772 bits per heavy atom. The van der Waals surface area contributed by atoms with Gasteiger partial charge in [-0.05, 0) is 119 Å². The highest BCUT2D eigenvalue weighted by Crippen LogP contribution is 2.41. The predicted molar refractivity (Wildman–Crippen MR) is 244 cm³/mol. The van der Waals surface area contributed by atoms with Crippen LogP contribution in [0.15, 0.2) is 194 Å². The van der Waals surface area contributed by atoms with Gasteiger partial charge in [-0.25, -0.2) is 0 Å². The van der Waals surface area contributed by atoms with Crippen LogP contribution in [0.1, 0.15) is 0 Å². The molecule has 57 heavy (non-hydrogen) atoms. The molecule has 12 rings (SSSR count). The van der Waals surface area contributed by atoms with Crippen molar-refractivity contribution in [2.24, 2.45) is 0 Å². The van der Waals surface area contributed by atoms with Gasteiger partial charge in [0.15, 0.2) is 0 Å². The fourth-order valence-corrected chi connectivity index (χ4v) is 10.1. The molecule has 2 nitrogen and oxygen atoms in total. The second kappa shape index (κ2) is 12.7. The second-order valence-corrected chi connectivity index (χ2v) is 16.0. The van der Waals surface area contributed by atoms with E-state index in [4.69, 9.17) is 9.97 Å². The first-order valence-corrected chi connectivity index (χ1v) is 20.2. The van der Waals surface area contributed by atoms with Crippen molar-refractivity contribution in [3.63, 3.8) is 0 Å². The Labute approximate surface area is 333 Å². The zero-order chi connectivity index (χ0) is 37.5. The summed E-state index contributed by atoms with van der Waals surface area (Å²) in [5.41, 5.74) is 11.7. The van der Waals surface area contributed by atoms with Crippen molar-refractivity contribution in [1.29, 1.82) is 0 Å². The SMILES string of the molecule is c1cc(-c2ccc3cc(-c4ccc5cc(-c6cccc7c6sc6ccccc67)ccc5c4)ccc3c2)cc(-c2ccc3c(c2)c2ccccc2c2nccnc32)c1. The highest BCUT2D eigenvalue weighted by Gasteiger charge is 2.14. The summed E-state index contributed by atoms with van der Waals surface area (Å²) in [5.74, 6) is 0. The first-order valence-electron chi connectivity index (χ1n) is 19.4. The van der Waals surface area contributed by atoms with Gasteiger partial charge in [0.25, 0.3) is 0 Å². The maximum absolute atomic E-state index is 4.74. The van der Waals surface area contributed by atoms with Crippen LogP contribution in [0, 0.1) is 0 Å². The quantitative estimate of drug-likeness (QED) is 0.168. The minimum Gasteiger partial charge on any atom is -0.252 e. The average Bonchev–Trinajstić information content (AvgIpc) is 3.67. The van der Waals surface area contributed by atoms with Gasteiger partial charge in [0, 0.05) is 43.3 Å². The number of hydrogen-bond donors (Lipinski definition) is 0. The normalized spacial score (nSPS) is 11.9. The van der Waals surface area contributed by atoms with Crippen molar-refractivity contribution in [2.45, 2.75) is 0 Å². The van der Waals surface area contributed by atoms with Crippen molar-refractivity contribution in [2.75, 3.05) is 0 Å². The van der Waals surface area contributed by atoms with E-state index in [-0.39, 0.29) is 0 Å². The van der Waals surface area contributed by atoms with Gasteiger partial charge < -0.3 is 0 Å². The lowest BCUT2D eigenvalue weighted by Gasteiger charge is -2.12. The fourth-order valence-electron chi connectivity index (χ4n) is 8.86. The Hall–Kier alpha value is -7.20. The third kappa shape index (κ3) is 5.24. The van der Waals surface area contributed by atoms with Crippen molar-refractivity contribution < 1.29 is 0 Å². The van der Waals surface area contributed by atoms with Crippen LogP contribution in [0.3, 0.4) is 0 Å². The zero-order valence-corrected chi connectivity index (χ0v) is 31.6. The number of fused-ring (bicyclic) bond motifs is 11. The van der Waals surface area contributed by atoms with Gasteiger partial charge in [0.2, 0.25) is 0 Å². The third-order valence-electron chi connectivity index (χ3n) is 11.7. The molecule has 12 aromatic rings. The van der Waals surface area contributed by atoms with Gasteiger partial charge in [-0.2, -0.15) is 0 Å². The summed E-state index contributed by atoms with van der Waals surface area (Å²) in [6.07, 6.45) is 3.56. The van der Waals surface area contributed by atoms with Gasteiger partial charge in [-0.15, -0.1) is 11.3 Å². The molecule has 2 aromatic heterocycles. The standard InChI is InChI=1S/C54H32N2S/c1-2-11-47-45(9-1)50-32-42(23-24-48(50)53-52(47)55-25-26-56-53)34-8-5-7-33(27-34)35-15-16-37-29-38(18-17-36(37)28-35)39-19-20-41-31-43(22-21-40(41)30-39)44-12-6-13-49-46-10-3-4-14-51(46)57-54(44)49/h1-32H. The molecule has 10 aromatic carbocycles. The summed E-state index contributed by atoms with van der Waals surface area (Å²) >= 11 is 1.89. The smallest absolute Gasteiger partial charge is 0.0971 e. The fraction of sp³-hybridized carbons (Fsp3) is 0. The minimum absolute atomic E-state index is 0.942. The molecule has 0 unspecified atom stereocenters. The van der Waals surface area contributed by atoms with Gasteiger partial charge in [-0.3, -0.25) is 9.97 Å². The van der Waals surface area contributed by atoms with Crippen molar-refractivity contribution in [3.05, 3.63) is 194 Å². The topological polar surface area (TPSA) is 25.8 Å². The second-order valence-electron chi connectivity index (χ2n) is 15.0. The molecule has 0 aliphatic rings. The molecule has 0 aliphatic carbocycles. The summed E-state index contributed by atoms with van der Waals surface area (Å²) in [6, 6.07) is 67.0. The van der Waals surface area contributed by atoms with E-state index in [1.165, 1.54) is 97.0 Å². The Morgan fingerprint density at radius 3 is 1.44 bits per heavy atom. The number of thiophene rings is 1. The average molecular weight is 741 g/mol. The van der Waals surface area contributed by atoms with E-state index >= 15 is 0 Å². The van der Waals surface area contributed by atoms with Gasteiger partial charge in [0.05, 0.1) is 11.0 Å². The summed E-state index contributed by atoms with van der Waals surface area (Å²) in [6.45, 7) is 0. The van der Waals surface area contributed by atoms with E-state index in [1.807, 2.05) is 11.3 Å². The molecule has 2 heterocycles. The van der Waals surface area contributed by atoms with Crippen LogP contribution in [-0.2, 0) is 0 Å². The minimum atomic E-state index is 0.942. The molecular formula is C54H32N2S. The van der Waals surface area contributed by atoms with Crippen LogP contribution in [0.5, 0.6) is 0 Å². The Bertz CT molecular complexity index is 3560. The van der Waals surface area contributed by atoms with E-state index in [1.54, 1.807) is 12.4 Å². The number of rotatable bonds is 4. The van der Waals surface area contributed by atoms with Crippen molar-refractivity contribution in [1.82, 2.24) is 9.97 Å². The highest BCUT2D eigenvalue weighted by molar-refractivity contribution is 7.26. The number of nitrogens with zero attached hydrogens (tertiary/aromatic N) is 2. The molecule has 0 spiro atoms. The predicted octanol–water partition coefficient (Wildman–Crippen LogP) is 15.3. The van der Waals surface area contributed by atoms with Crippen LogP contribution in [0.4, 0.5) is 0 Å². The Morgan fingerprint density at radius 1 is 0.298 bits per heavy atom. The number of aromatic nitrogens is 2. The molecule has 0 aliphatic heterocycles. The lowest BCUT2D eigenvalue weighted by atomic mass is 9.93. The van der Waals surface area contributed by atoms with Gasteiger partial charge in [-0.1, -0.05) is 140 Å². The van der Waals surface area contributed by atoms with E-state index in [0.717, 1.165) is 21.8 Å². The molecule has 0 saturated heterocycles. The van der Waals surface area contributed by atoms with Crippen molar-refractivity contribution in [3.8, 4) is 44.5 Å². The van der Waals surface area contributed by atoms with Crippen LogP contribution < -0.4 is 0 Å². The number of benzene rings is 10. The lowest BCUT2D eigenvalue weighted by Crippen LogP contribution is -1.89. The molecule has 0 atom stereocenters. The Kier molecular flexibility index (Phi) is 7.13. The molecular weight excluding hydrogens is 709 g/mol. The molecule has 0 saturated carbocycles. The maximum Gasteiger partial charge on any atom is 0.0971 e. The molecule has 0 bridgehead atoms. The Balaban J connectivity index is 0.858. The van der Waals surface area contributed by atoms with Gasteiger partial charge in [0.1, 0.15) is 0 Å². The largest absolute Gasteiger partial charge is 0.252 e. The molecule has 3 heteroatoms. The lowest BCUT2D eigenvalue weighted by molar-refractivity contribution is 1.31. The van der Waals surface area contributed by atoms with E-state index in [0.29, 0.717) is 0 Å². The summed E-state index contributed by atoms with van der Waals surface area (Å²) < 4.78 is 2.69.